The van der Waals surface area contributed by atoms with Crippen LogP contribution in [0.2, 0.25) is 0 Å². The maximum absolute atomic E-state index is 0. The fourth-order valence-corrected chi connectivity index (χ4v) is 0. The molecule has 0 aliphatic heterocycles. The topological polar surface area (TPSA) is 0 Å². The SMILES string of the molecule is [AlH3].[CaH2].[Eu].[SiH4].[SrH2]. The summed E-state index contributed by atoms with van der Waals surface area (Å²) >= 11 is 0. The molecule has 0 aliphatic rings. The van der Waals surface area contributed by atoms with Crippen LogP contribution in [0.5, 0.6) is 0 Å². The van der Waals surface area contributed by atoms with E-state index < -0.39 is 0 Å². The molecule has 0 aromatic heterocycles. The predicted octanol–water partition coefficient (Wildman–Crippen LogP) is -4.47. The van der Waals surface area contributed by atoms with E-state index in [0.717, 1.165) is 0 Å². The molecule has 0 atom stereocenters. The van der Waals surface area contributed by atoms with Crippen LogP contribution in [0, 0.1) is 49.4 Å². The average molecular weight is 346 g/mol. The second-order valence-electron chi connectivity index (χ2n) is 0. The molecule has 5 heteroatoms. The summed E-state index contributed by atoms with van der Waals surface area (Å²) in [5.41, 5.74) is 0. The van der Waals surface area contributed by atoms with Gasteiger partial charge >= 0.3 is 83.2 Å². The second-order valence-corrected chi connectivity index (χ2v) is 0. The van der Waals surface area contributed by atoms with Crippen LogP contribution >= 0.6 is 0 Å². The first kappa shape index (κ1) is 32.2. The van der Waals surface area contributed by atoms with Gasteiger partial charge in [0.1, 0.15) is 0 Å². The van der Waals surface area contributed by atoms with Gasteiger partial charge in [0.2, 0.25) is 0 Å². The monoisotopic (exact) mass is 347 g/mol. The number of rotatable bonds is 0. The normalized spacial score (nSPS) is 0. The Kier molecular flexibility index (Phi) is 148. The Morgan fingerprint density at radius 1 is 1.00 bits per heavy atom. The maximum atomic E-state index is 0. The molecular weight excluding hydrogens is 335 g/mol. The van der Waals surface area contributed by atoms with Gasteiger partial charge < -0.3 is 0 Å². The minimum atomic E-state index is 0. The van der Waals surface area contributed by atoms with Gasteiger partial charge in [-0.1, -0.05) is 0 Å². The molecule has 0 rings (SSSR count). The van der Waals surface area contributed by atoms with E-state index in [9.17, 15) is 0 Å². The summed E-state index contributed by atoms with van der Waals surface area (Å²) in [5.74, 6) is 0. The Balaban J connectivity index is 0. The summed E-state index contributed by atoms with van der Waals surface area (Å²) in [5, 5.41) is 0. The first-order chi connectivity index (χ1) is 0. The first-order valence-electron chi connectivity index (χ1n) is 0. The van der Waals surface area contributed by atoms with Crippen molar-refractivity contribution in [2.24, 2.45) is 0 Å². The zero-order chi connectivity index (χ0) is 0. The van der Waals surface area contributed by atoms with Crippen LogP contribution in [0.4, 0.5) is 0 Å². The minimum absolute atomic E-state index is 0. The van der Waals surface area contributed by atoms with E-state index in [1.54, 1.807) is 0 Å². The third kappa shape index (κ3) is 17.6. The Hall–Kier alpha value is 5.07. The van der Waals surface area contributed by atoms with Gasteiger partial charge in [-0.3, -0.25) is 0 Å². The Morgan fingerprint density at radius 2 is 1.00 bits per heavy atom. The van der Waals surface area contributed by atoms with Gasteiger partial charge in [0.25, 0.3) is 0 Å². The third-order valence-corrected chi connectivity index (χ3v) is 0. The quantitative estimate of drug-likeness (QED) is 0.389. The summed E-state index contributed by atoms with van der Waals surface area (Å²) < 4.78 is 0. The van der Waals surface area contributed by atoms with Crippen molar-refractivity contribution in [3.63, 3.8) is 0 Å². The van der Waals surface area contributed by atoms with Crippen molar-refractivity contribution in [2.75, 3.05) is 0 Å². The van der Waals surface area contributed by atoms with Crippen molar-refractivity contribution in [2.45, 2.75) is 0 Å². The molecule has 0 aromatic carbocycles. The van der Waals surface area contributed by atoms with Crippen molar-refractivity contribution in [3.8, 4) is 0 Å². The van der Waals surface area contributed by atoms with E-state index in [1.165, 1.54) is 0 Å². The average Bonchev–Trinajstić information content (AvgIpc) is 0. The molecule has 5 heavy (non-hydrogen) atoms. The summed E-state index contributed by atoms with van der Waals surface area (Å²) in [4.78, 5) is 0. The predicted molar refractivity (Wildman–Crippen MR) is 38.4 cm³/mol. The Bertz CT molecular complexity index is 11.6. The molecule has 0 amide bonds. The summed E-state index contributed by atoms with van der Waals surface area (Å²) in [6, 6.07) is 0. The molecule has 0 unspecified atom stereocenters. The molecule has 0 saturated heterocycles. The summed E-state index contributed by atoms with van der Waals surface area (Å²) in [7, 11) is 0. The van der Waals surface area contributed by atoms with E-state index in [1.807, 2.05) is 0 Å². The van der Waals surface area contributed by atoms with Crippen molar-refractivity contribution in [1.29, 1.82) is 0 Å². The van der Waals surface area contributed by atoms with Gasteiger partial charge in [0.05, 0.1) is 0 Å². The number of hydrogen-bond donors (Lipinski definition) is 0. The van der Waals surface area contributed by atoms with Gasteiger partial charge in [-0.2, -0.15) is 0 Å². The Labute approximate surface area is 156 Å². The van der Waals surface area contributed by atoms with Gasteiger partial charge in [-0.25, -0.2) is 0 Å². The zero-order valence-corrected chi connectivity index (χ0v) is 2.80. The van der Waals surface area contributed by atoms with Crippen LogP contribution in [0.3, 0.4) is 0 Å². The van der Waals surface area contributed by atoms with Gasteiger partial charge in [-0.05, 0) is 11.0 Å². The molecule has 0 aromatic rings. The van der Waals surface area contributed by atoms with E-state index >= 15 is 0 Å². The molecule has 0 nitrogen and oxygen atoms in total. The Morgan fingerprint density at radius 3 is 1.00 bits per heavy atom. The van der Waals surface area contributed by atoms with Crippen LogP contribution in [-0.2, 0) is 0 Å². The standard InChI is InChI=1S/Al.Ca.Eu.H4Si.Sr.7H/h;;;1H4;;;;;;;;. The van der Waals surface area contributed by atoms with Gasteiger partial charge in [0.15, 0.2) is 17.4 Å². The zero-order valence-electron chi connectivity index (χ0n) is 0.378. The number of hydrogen-bond acceptors (Lipinski definition) is 0. The van der Waals surface area contributed by atoms with Crippen LogP contribution in [0.1, 0.15) is 0 Å². The molecule has 0 saturated carbocycles. The summed E-state index contributed by atoms with van der Waals surface area (Å²) in [6.45, 7) is 0. The molecule has 29 valence electrons. The van der Waals surface area contributed by atoms with Crippen molar-refractivity contribution < 1.29 is 49.4 Å². The fourth-order valence-electron chi connectivity index (χ4n) is 0. The van der Waals surface area contributed by atoms with Gasteiger partial charge in [-0.15, -0.1) is 0 Å². The molecule has 0 bridgehead atoms. The fraction of sp³-hybridized carbons (Fsp3) is 0. The molecule has 0 fully saturated rings. The van der Waals surface area contributed by atoms with Crippen LogP contribution < -0.4 is 0 Å². The van der Waals surface area contributed by atoms with Crippen molar-refractivity contribution in [3.05, 3.63) is 0 Å². The van der Waals surface area contributed by atoms with Gasteiger partial charge in [0, 0.05) is 49.4 Å². The molecule has 0 N–H and O–H groups in total. The van der Waals surface area contributed by atoms with E-state index in [-0.39, 0.29) is 161 Å². The molecule has 0 aliphatic carbocycles. The molecule has 0 spiro atoms. The van der Waals surface area contributed by atoms with E-state index in [0.29, 0.717) is 0 Å². The molecule has 0 heterocycles. The third-order valence-electron chi connectivity index (χ3n) is 0. The molecule has 1 radical (unpaired) electrons. The van der Waals surface area contributed by atoms with Crippen LogP contribution in [0.15, 0.2) is 0 Å². The van der Waals surface area contributed by atoms with Crippen LogP contribution in [-0.4, -0.2) is 112 Å². The van der Waals surface area contributed by atoms with E-state index in [2.05, 4.69) is 0 Å². The molecular formula is H11AlCaEuSiSr. The van der Waals surface area contributed by atoms with Crippen molar-refractivity contribution >= 4 is 112 Å². The van der Waals surface area contributed by atoms with Crippen LogP contribution in [0.25, 0.3) is 0 Å². The van der Waals surface area contributed by atoms with Crippen molar-refractivity contribution in [1.82, 2.24) is 0 Å². The summed E-state index contributed by atoms with van der Waals surface area (Å²) in [6.07, 6.45) is 0. The second kappa shape index (κ2) is 23.0. The van der Waals surface area contributed by atoms with E-state index in [4.69, 9.17) is 0 Å². The first-order valence-corrected chi connectivity index (χ1v) is 0.